The van der Waals surface area contributed by atoms with Crippen molar-refractivity contribution in [2.45, 2.75) is 19.1 Å². The molecular weight excluding hydrogens is 446 g/mol. The van der Waals surface area contributed by atoms with Gasteiger partial charge in [0.2, 0.25) is 5.91 Å². The number of Topliss-reactive ketones (excluding diaryl/α,β-unsaturated/α-hetero) is 1. The zero-order valence-electron chi connectivity index (χ0n) is 19.9. The smallest absolute Gasteiger partial charge is 0.246 e. The fourth-order valence-corrected chi connectivity index (χ4v) is 3.25. The Labute approximate surface area is 206 Å². The van der Waals surface area contributed by atoms with E-state index in [0.717, 1.165) is 16.9 Å². The number of benzene rings is 3. The fraction of sp³-hybridized carbons (Fsp3) is 0.286. The van der Waals surface area contributed by atoms with Crippen LogP contribution in [0.4, 0.5) is 0 Å². The number of carbonyl (C=O) groups excluding carboxylic acids is 2. The van der Waals surface area contributed by atoms with Crippen molar-refractivity contribution in [1.82, 2.24) is 5.32 Å². The van der Waals surface area contributed by atoms with Crippen molar-refractivity contribution < 1.29 is 28.5 Å². The summed E-state index contributed by atoms with van der Waals surface area (Å²) in [6.45, 7) is 0.935. The lowest BCUT2D eigenvalue weighted by Gasteiger charge is -2.18. The van der Waals surface area contributed by atoms with Gasteiger partial charge in [-0.2, -0.15) is 0 Å². The van der Waals surface area contributed by atoms with Crippen LogP contribution in [0.5, 0.6) is 11.5 Å². The van der Waals surface area contributed by atoms with Crippen molar-refractivity contribution in [3.63, 3.8) is 0 Å². The second-order valence-electron chi connectivity index (χ2n) is 7.87. The summed E-state index contributed by atoms with van der Waals surface area (Å²) < 4.78 is 21.7. The average Bonchev–Trinajstić information content (AvgIpc) is 2.88. The van der Waals surface area contributed by atoms with E-state index in [1.54, 1.807) is 7.11 Å². The van der Waals surface area contributed by atoms with Crippen LogP contribution >= 0.6 is 0 Å². The third-order valence-corrected chi connectivity index (χ3v) is 5.07. The van der Waals surface area contributed by atoms with Crippen LogP contribution in [-0.2, 0) is 36.8 Å². The van der Waals surface area contributed by atoms with Crippen molar-refractivity contribution in [1.29, 1.82) is 0 Å². The first-order chi connectivity index (χ1) is 17.1. The zero-order valence-corrected chi connectivity index (χ0v) is 19.9. The maximum absolute atomic E-state index is 13.1. The maximum atomic E-state index is 13.1. The summed E-state index contributed by atoms with van der Waals surface area (Å²) in [5, 5.41) is 2.74. The summed E-state index contributed by atoms with van der Waals surface area (Å²) in [5.74, 6) is 0.883. The van der Waals surface area contributed by atoms with Gasteiger partial charge in [0.05, 0.1) is 26.4 Å². The fourth-order valence-electron chi connectivity index (χ4n) is 3.25. The minimum atomic E-state index is -0.794. The van der Waals surface area contributed by atoms with Crippen LogP contribution in [0.1, 0.15) is 11.1 Å². The molecule has 0 fully saturated rings. The summed E-state index contributed by atoms with van der Waals surface area (Å²) >= 11 is 0. The van der Waals surface area contributed by atoms with Crippen molar-refractivity contribution in [2.75, 3.05) is 33.5 Å². The number of para-hydroxylation sites is 1. The Balaban J connectivity index is 1.56. The van der Waals surface area contributed by atoms with Gasteiger partial charge < -0.3 is 24.3 Å². The monoisotopic (exact) mass is 477 g/mol. The predicted molar refractivity (Wildman–Crippen MR) is 132 cm³/mol. The molecule has 0 bridgehead atoms. The number of ether oxygens (including phenoxy) is 4. The summed E-state index contributed by atoms with van der Waals surface area (Å²) in [6, 6.07) is 25.7. The number of carbonyl (C=O) groups is 2. The Kier molecular flexibility index (Phi) is 10.9. The van der Waals surface area contributed by atoms with Crippen LogP contribution in [-0.4, -0.2) is 51.3 Å². The molecule has 0 aromatic heterocycles. The van der Waals surface area contributed by atoms with Crippen molar-refractivity contribution in [3.8, 4) is 11.5 Å². The number of hydrogen-bond acceptors (Lipinski definition) is 6. The molecule has 0 radical (unpaired) electrons. The number of nitrogens with one attached hydrogen (secondary N) is 1. The van der Waals surface area contributed by atoms with E-state index in [1.165, 1.54) is 0 Å². The molecule has 35 heavy (non-hydrogen) atoms. The number of hydrogen-bond donors (Lipinski definition) is 1. The summed E-state index contributed by atoms with van der Waals surface area (Å²) in [7, 11) is 1.56. The Hall–Kier alpha value is -3.52. The van der Waals surface area contributed by atoms with E-state index in [2.05, 4.69) is 5.32 Å². The number of amides is 1. The molecule has 3 aromatic carbocycles. The van der Waals surface area contributed by atoms with Crippen LogP contribution in [0.3, 0.4) is 0 Å². The van der Waals surface area contributed by atoms with Gasteiger partial charge in [0.15, 0.2) is 5.78 Å². The van der Waals surface area contributed by atoms with Crippen LogP contribution in [0.15, 0.2) is 84.9 Å². The molecule has 0 aliphatic rings. The molecule has 7 heteroatoms. The molecule has 1 unspecified atom stereocenters. The van der Waals surface area contributed by atoms with Gasteiger partial charge in [0, 0.05) is 13.5 Å². The molecule has 0 aliphatic carbocycles. The van der Waals surface area contributed by atoms with Gasteiger partial charge in [0.25, 0.3) is 0 Å². The summed E-state index contributed by atoms with van der Waals surface area (Å²) in [6.07, 6.45) is 0.149. The van der Waals surface area contributed by atoms with Gasteiger partial charge >= 0.3 is 0 Å². The highest BCUT2D eigenvalue weighted by Crippen LogP contribution is 2.21. The molecule has 0 spiro atoms. The Bertz CT molecular complexity index is 1020. The molecule has 1 amide bonds. The minimum absolute atomic E-state index is 0.0622. The standard InChI is InChI=1S/C28H31NO6/c1-32-16-17-33-21-28(31)29-26(20-34-19-23-8-4-2-5-9-23)27(30)18-22-12-14-25(15-13-22)35-24-10-6-3-7-11-24/h2-15,26H,16-21H2,1H3,(H,29,31). The van der Waals surface area contributed by atoms with Crippen molar-refractivity contribution >= 4 is 11.7 Å². The average molecular weight is 478 g/mol. The van der Waals surface area contributed by atoms with Gasteiger partial charge in [-0.3, -0.25) is 9.59 Å². The Morgan fingerprint density at radius 1 is 0.771 bits per heavy atom. The second-order valence-corrected chi connectivity index (χ2v) is 7.87. The van der Waals surface area contributed by atoms with Crippen LogP contribution in [0.25, 0.3) is 0 Å². The number of ketones is 1. The van der Waals surface area contributed by atoms with E-state index in [9.17, 15) is 9.59 Å². The van der Waals surface area contributed by atoms with E-state index >= 15 is 0 Å². The summed E-state index contributed by atoms with van der Waals surface area (Å²) in [5.41, 5.74) is 1.80. The van der Waals surface area contributed by atoms with Crippen LogP contribution in [0.2, 0.25) is 0 Å². The minimum Gasteiger partial charge on any atom is -0.457 e. The summed E-state index contributed by atoms with van der Waals surface area (Å²) in [4.78, 5) is 25.4. The lowest BCUT2D eigenvalue weighted by molar-refractivity contribution is -0.132. The zero-order chi connectivity index (χ0) is 24.7. The maximum Gasteiger partial charge on any atom is 0.246 e. The third kappa shape index (κ3) is 9.70. The first kappa shape index (κ1) is 26.1. The lowest BCUT2D eigenvalue weighted by atomic mass is 10.0. The van der Waals surface area contributed by atoms with E-state index in [0.29, 0.717) is 25.6 Å². The third-order valence-electron chi connectivity index (χ3n) is 5.07. The highest BCUT2D eigenvalue weighted by atomic mass is 16.5. The van der Waals surface area contributed by atoms with Crippen molar-refractivity contribution in [3.05, 3.63) is 96.1 Å². The van der Waals surface area contributed by atoms with E-state index < -0.39 is 6.04 Å². The molecule has 7 nitrogen and oxygen atoms in total. The largest absolute Gasteiger partial charge is 0.457 e. The quantitative estimate of drug-likeness (QED) is 0.334. The molecular formula is C28H31NO6. The molecule has 0 saturated carbocycles. The molecule has 0 heterocycles. The molecule has 3 rings (SSSR count). The number of methoxy groups -OCH3 is 1. The van der Waals surface area contributed by atoms with Gasteiger partial charge in [-0.25, -0.2) is 0 Å². The molecule has 1 atom stereocenters. The van der Waals surface area contributed by atoms with Gasteiger partial charge in [-0.15, -0.1) is 0 Å². The SMILES string of the molecule is COCCOCC(=O)NC(COCc1ccccc1)C(=O)Cc1ccc(Oc2ccccc2)cc1. The Morgan fingerprint density at radius 2 is 1.43 bits per heavy atom. The lowest BCUT2D eigenvalue weighted by Crippen LogP contribution is -2.46. The molecule has 0 aliphatic heterocycles. The van der Waals surface area contributed by atoms with Crippen LogP contribution < -0.4 is 10.1 Å². The highest BCUT2D eigenvalue weighted by molar-refractivity contribution is 5.90. The molecule has 0 saturated heterocycles. The molecule has 1 N–H and O–H groups in total. The topological polar surface area (TPSA) is 83.1 Å². The first-order valence-electron chi connectivity index (χ1n) is 11.5. The second kappa shape index (κ2) is 14.7. The normalized spacial score (nSPS) is 11.6. The Morgan fingerprint density at radius 3 is 2.11 bits per heavy atom. The van der Waals surface area contributed by atoms with E-state index in [1.807, 2.05) is 84.9 Å². The molecule has 3 aromatic rings. The number of rotatable bonds is 15. The van der Waals surface area contributed by atoms with Gasteiger partial charge in [-0.05, 0) is 35.4 Å². The van der Waals surface area contributed by atoms with E-state index in [-0.39, 0.29) is 31.3 Å². The van der Waals surface area contributed by atoms with Gasteiger partial charge in [-0.1, -0.05) is 60.7 Å². The van der Waals surface area contributed by atoms with Gasteiger partial charge in [0.1, 0.15) is 24.1 Å². The predicted octanol–water partition coefficient (Wildman–Crippen LogP) is 3.96. The first-order valence-corrected chi connectivity index (χ1v) is 11.5. The van der Waals surface area contributed by atoms with Crippen LogP contribution in [0, 0.1) is 0 Å². The van der Waals surface area contributed by atoms with Crippen molar-refractivity contribution in [2.24, 2.45) is 0 Å². The van der Waals surface area contributed by atoms with E-state index in [4.69, 9.17) is 18.9 Å². The highest BCUT2D eigenvalue weighted by Gasteiger charge is 2.21. The molecule has 184 valence electrons.